The summed E-state index contributed by atoms with van der Waals surface area (Å²) in [5, 5.41) is 0. The normalized spacial score (nSPS) is 13.6. The van der Waals surface area contributed by atoms with Gasteiger partial charge in [0, 0.05) is 0 Å². The van der Waals surface area contributed by atoms with Gasteiger partial charge in [-0.3, -0.25) is 0 Å². The van der Waals surface area contributed by atoms with E-state index in [2.05, 4.69) is 20.8 Å². The molecule has 1 atom stereocenters. The van der Waals surface area contributed by atoms with E-state index in [0.29, 0.717) is 12.1 Å². The molecule has 108 valence electrons. The minimum Gasteiger partial charge on any atom is -0.330 e. The van der Waals surface area contributed by atoms with Crippen LogP contribution in [-0.4, -0.2) is 14.6 Å². The second-order valence-electron chi connectivity index (χ2n) is 5.31. The first-order chi connectivity index (χ1) is 9.02. The van der Waals surface area contributed by atoms with Crippen LogP contribution in [0.4, 0.5) is 8.78 Å². The molecule has 19 heavy (non-hydrogen) atoms. The molecule has 0 fully saturated rings. The summed E-state index contributed by atoms with van der Waals surface area (Å²) < 4.78 is 26.2. The van der Waals surface area contributed by atoms with Crippen molar-refractivity contribution in [1.29, 1.82) is 0 Å². The zero-order valence-electron chi connectivity index (χ0n) is 12.2. The number of hydrogen-bond acceptors (Lipinski definition) is 1. The van der Waals surface area contributed by atoms with Crippen LogP contribution in [0.5, 0.6) is 0 Å². The van der Waals surface area contributed by atoms with Gasteiger partial charge in [-0.2, -0.15) is 0 Å². The molecule has 2 N–H and O–H groups in total. The van der Waals surface area contributed by atoms with E-state index in [4.69, 9.17) is 5.73 Å². The number of nitrogens with two attached hydrogens (primary N) is 1. The molecule has 0 aliphatic rings. The molecule has 0 bridgehead atoms. The molecule has 1 aromatic carbocycles. The second-order valence-corrected chi connectivity index (χ2v) is 11.0. The summed E-state index contributed by atoms with van der Waals surface area (Å²) in [6, 6.07) is 7.81. The Balaban J connectivity index is 2.95. The summed E-state index contributed by atoms with van der Waals surface area (Å²) in [4.78, 5) is 0. The Hall–Kier alpha value is -0.743. The van der Waals surface area contributed by atoms with Gasteiger partial charge < -0.3 is 5.73 Å². The van der Waals surface area contributed by atoms with Gasteiger partial charge in [0.05, 0.1) is 8.07 Å². The van der Waals surface area contributed by atoms with Crippen LogP contribution in [0.15, 0.2) is 18.2 Å². The number of halogens is 2. The standard InChI is InChI=1S/C15H25F2NSi/c1-4-19(5-2,6-3)13(11-18)9-12-7-8-14(16)15(17)10-12/h7-8,10,13H,4-6,9,11,18H2,1-3H3. The van der Waals surface area contributed by atoms with Crippen LogP contribution in [0.25, 0.3) is 0 Å². The average molecular weight is 285 g/mol. The van der Waals surface area contributed by atoms with Gasteiger partial charge in [0.2, 0.25) is 0 Å². The molecule has 1 aromatic rings. The predicted molar refractivity (Wildman–Crippen MR) is 80.1 cm³/mol. The van der Waals surface area contributed by atoms with Crippen molar-refractivity contribution in [2.24, 2.45) is 5.73 Å². The Kier molecular flexibility index (Phi) is 6.14. The van der Waals surface area contributed by atoms with Crippen molar-refractivity contribution in [3.63, 3.8) is 0 Å². The van der Waals surface area contributed by atoms with Gasteiger partial charge in [0.15, 0.2) is 11.6 Å². The van der Waals surface area contributed by atoms with E-state index >= 15 is 0 Å². The summed E-state index contributed by atoms with van der Waals surface area (Å²) in [5.41, 5.74) is 7.27. The van der Waals surface area contributed by atoms with Crippen LogP contribution >= 0.6 is 0 Å². The molecule has 1 nitrogen and oxygen atoms in total. The van der Waals surface area contributed by atoms with Gasteiger partial charge in [-0.1, -0.05) is 45.0 Å². The Morgan fingerprint density at radius 1 is 1.05 bits per heavy atom. The average Bonchev–Trinajstić information content (AvgIpc) is 2.43. The van der Waals surface area contributed by atoms with Gasteiger partial charge >= 0.3 is 0 Å². The summed E-state index contributed by atoms with van der Waals surface area (Å²) in [7, 11) is -1.40. The van der Waals surface area contributed by atoms with E-state index in [1.165, 1.54) is 30.3 Å². The SMILES string of the molecule is CC[Si](CC)(CC)C(CN)Cc1ccc(F)c(F)c1. The minimum absolute atomic E-state index is 0.442. The Morgan fingerprint density at radius 2 is 1.63 bits per heavy atom. The van der Waals surface area contributed by atoms with Crippen molar-refractivity contribution in [2.45, 2.75) is 50.9 Å². The van der Waals surface area contributed by atoms with E-state index in [1.54, 1.807) is 6.07 Å². The molecule has 0 radical (unpaired) electrons. The highest BCUT2D eigenvalue weighted by Crippen LogP contribution is 2.35. The van der Waals surface area contributed by atoms with Crippen LogP contribution in [0.2, 0.25) is 23.7 Å². The highest BCUT2D eigenvalue weighted by atomic mass is 28.3. The molecule has 0 amide bonds. The van der Waals surface area contributed by atoms with Crippen molar-refractivity contribution in [1.82, 2.24) is 0 Å². The van der Waals surface area contributed by atoms with Crippen molar-refractivity contribution in [2.75, 3.05) is 6.54 Å². The fraction of sp³-hybridized carbons (Fsp3) is 0.600. The summed E-state index contributed by atoms with van der Waals surface area (Å²) in [5.74, 6) is -1.54. The van der Waals surface area contributed by atoms with Crippen molar-refractivity contribution in [3.8, 4) is 0 Å². The first kappa shape index (κ1) is 16.3. The van der Waals surface area contributed by atoms with Crippen LogP contribution < -0.4 is 5.73 Å². The lowest BCUT2D eigenvalue weighted by molar-refractivity contribution is 0.506. The van der Waals surface area contributed by atoms with Crippen LogP contribution in [0.3, 0.4) is 0 Å². The lowest BCUT2D eigenvalue weighted by atomic mass is 10.1. The smallest absolute Gasteiger partial charge is 0.159 e. The molecule has 0 spiro atoms. The monoisotopic (exact) mass is 285 g/mol. The van der Waals surface area contributed by atoms with E-state index in [-0.39, 0.29) is 0 Å². The Morgan fingerprint density at radius 3 is 2.05 bits per heavy atom. The molecule has 1 unspecified atom stereocenters. The van der Waals surface area contributed by atoms with Crippen LogP contribution in [0, 0.1) is 11.6 Å². The third-order valence-electron chi connectivity index (χ3n) is 4.73. The molecule has 4 heteroatoms. The zero-order chi connectivity index (χ0) is 14.5. The molecular formula is C15H25F2NSi. The fourth-order valence-electron chi connectivity index (χ4n) is 3.12. The summed E-state index contributed by atoms with van der Waals surface area (Å²) in [6.07, 6.45) is 0.773. The Labute approximate surface area is 116 Å². The second kappa shape index (κ2) is 7.15. The van der Waals surface area contributed by atoms with E-state index < -0.39 is 19.7 Å². The van der Waals surface area contributed by atoms with Crippen molar-refractivity contribution >= 4 is 8.07 Å². The number of rotatable bonds is 7. The highest BCUT2D eigenvalue weighted by Gasteiger charge is 2.35. The third-order valence-corrected chi connectivity index (χ3v) is 11.1. The lowest BCUT2D eigenvalue weighted by Gasteiger charge is -2.36. The van der Waals surface area contributed by atoms with Crippen LogP contribution in [-0.2, 0) is 6.42 Å². The van der Waals surface area contributed by atoms with Crippen LogP contribution in [0.1, 0.15) is 26.3 Å². The highest BCUT2D eigenvalue weighted by molar-refractivity contribution is 6.81. The molecule has 0 aliphatic carbocycles. The van der Waals surface area contributed by atoms with E-state index in [1.807, 2.05) is 0 Å². The minimum atomic E-state index is -1.40. The summed E-state index contributed by atoms with van der Waals surface area (Å²) in [6.45, 7) is 7.37. The largest absolute Gasteiger partial charge is 0.330 e. The first-order valence-corrected chi connectivity index (χ1v) is 9.86. The van der Waals surface area contributed by atoms with Gasteiger partial charge in [-0.05, 0) is 36.2 Å². The van der Waals surface area contributed by atoms with E-state index in [9.17, 15) is 8.78 Å². The molecule has 0 saturated carbocycles. The van der Waals surface area contributed by atoms with Crippen molar-refractivity contribution < 1.29 is 8.78 Å². The van der Waals surface area contributed by atoms with Gasteiger partial charge in [-0.15, -0.1) is 0 Å². The maximum absolute atomic E-state index is 13.3. The first-order valence-electron chi connectivity index (χ1n) is 7.16. The molecular weight excluding hydrogens is 260 g/mol. The van der Waals surface area contributed by atoms with Gasteiger partial charge in [0.1, 0.15) is 0 Å². The van der Waals surface area contributed by atoms with Crippen molar-refractivity contribution in [3.05, 3.63) is 35.4 Å². The van der Waals surface area contributed by atoms with Gasteiger partial charge in [-0.25, -0.2) is 8.78 Å². The maximum Gasteiger partial charge on any atom is 0.159 e. The fourth-order valence-corrected chi connectivity index (χ4v) is 7.52. The summed E-state index contributed by atoms with van der Waals surface area (Å²) >= 11 is 0. The van der Waals surface area contributed by atoms with E-state index in [0.717, 1.165) is 12.0 Å². The number of benzene rings is 1. The topological polar surface area (TPSA) is 26.0 Å². The predicted octanol–water partition coefficient (Wildman–Crippen LogP) is 4.34. The number of hydrogen-bond donors (Lipinski definition) is 1. The quantitative estimate of drug-likeness (QED) is 0.741. The molecule has 0 aromatic heterocycles. The lowest BCUT2D eigenvalue weighted by Crippen LogP contribution is -2.42. The third kappa shape index (κ3) is 3.63. The molecule has 0 aliphatic heterocycles. The maximum atomic E-state index is 13.3. The molecule has 0 heterocycles. The molecule has 0 saturated heterocycles. The molecule has 1 rings (SSSR count). The van der Waals surface area contributed by atoms with Gasteiger partial charge in [0.25, 0.3) is 0 Å². The zero-order valence-corrected chi connectivity index (χ0v) is 13.2. The Bertz CT molecular complexity index is 397.